The fourth-order valence-corrected chi connectivity index (χ4v) is 3.88. The maximum Gasteiger partial charge on any atom is 0.225 e. The molecule has 0 N–H and O–H groups in total. The second kappa shape index (κ2) is 7.72. The van der Waals surface area contributed by atoms with Crippen molar-refractivity contribution in [2.45, 2.75) is 32.4 Å². The van der Waals surface area contributed by atoms with Crippen LogP contribution in [0.5, 0.6) is 0 Å². The molecule has 7 heteroatoms. The van der Waals surface area contributed by atoms with E-state index < -0.39 is 0 Å². The van der Waals surface area contributed by atoms with Crippen LogP contribution in [0.4, 0.5) is 5.95 Å². The Morgan fingerprint density at radius 1 is 1.15 bits per heavy atom. The highest BCUT2D eigenvalue weighted by Crippen LogP contribution is 2.26. The summed E-state index contributed by atoms with van der Waals surface area (Å²) in [6.07, 6.45) is 10.2. The van der Waals surface area contributed by atoms with E-state index in [0.29, 0.717) is 5.92 Å². The van der Waals surface area contributed by atoms with Gasteiger partial charge in [0.2, 0.25) is 5.95 Å². The third-order valence-electron chi connectivity index (χ3n) is 5.60. The summed E-state index contributed by atoms with van der Waals surface area (Å²) in [5.41, 5.74) is 1.18. The first-order valence-electron chi connectivity index (χ1n) is 9.59. The van der Waals surface area contributed by atoms with Crippen LogP contribution in [0.1, 0.15) is 24.7 Å². The highest BCUT2D eigenvalue weighted by atomic mass is 16.5. The topological polar surface area (TPSA) is 59.3 Å². The Morgan fingerprint density at radius 3 is 2.73 bits per heavy atom. The molecular formula is C19H28N6O. The van der Waals surface area contributed by atoms with E-state index in [-0.39, 0.29) is 6.10 Å². The van der Waals surface area contributed by atoms with Crippen LogP contribution in [0.3, 0.4) is 0 Å². The molecule has 2 aromatic rings. The molecule has 2 atom stereocenters. The summed E-state index contributed by atoms with van der Waals surface area (Å²) in [6.45, 7) is 7.64. The average Bonchev–Trinajstić information content (AvgIpc) is 2.95. The van der Waals surface area contributed by atoms with E-state index >= 15 is 0 Å². The number of aromatic nitrogens is 4. The van der Waals surface area contributed by atoms with Crippen molar-refractivity contribution >= 4 is 5.95 Å². The van der Waals surface area contributed by atoms with Crippen molar-refractivity contribution in [1.82, 2.24) is 24.4 Å². The lowest BCUT2D eigenvalue weighted by Gasteiger charge is -2.37. The summed E-state index contributed by atoms with van der Waals surface area (Å²) in [5.74, 6) is 2.48. The number of nitrogens with zero attached hydrogens (tertiary/aromatic N) is 6. The molecule has 4 rings (SSSR count). The van der Waals surface area contributed by atoms with Crippen LogP contribution in [0, 0.1) is 5.92 Å². The second-order valence-corrected chi connectivity index (χ2v) is 7.34. The Balaban J connectivity index is 1.39. The standard InChI is InChI=1S/C19H28N6O/c1-3-15-10-21-19(22-11-15)25-8-9-26-17-13-24(6-4-16(17)12-25)14-18-20-5-7-23(18)2/h5,7,10-11,16-17H,3-4,6,8-9,12-14H2,1-2H3/t16-,17-/m1/s1. The fraction of sp³-hybridized carbons (Fsp3) is 0.632. The van der Waals surface area contributed by atoms with Crippen molar-refractivity contribution in [2.24, 2.45) is 13.0 Å². The Morgan fingerprint density at radius 2 is 2.00 bits per heavy atom. The number of rotatable bonds is 4. The third-order valence-corrected chi connectivity index (χ3v) is 5.60. The number of imidazole rings is 1. The summed E-state index contributed by atoms with van der Waals surface area (Å²) in [5, 5.41) is 0. The van der Waals surface area contributed by atoms with Crippen LogP contribution in [0.25, 0.3) is 0 Å². The highest BCUT2D eigenvalue weighted by Gasteiger charge is 2.34. The Labute approximate surface area is 155 Å². The molecular weight excluding hydrogens is 328 g/mol. The van der Waals surface area contributed by atoms with Gasteiger partial charge in [-0.25, -0.2) is 15.0 Å². The minimum Gasteiger partial charge on any atom is -0.375 e. The van der Waals surface area contributed by atoms with Gasteiger partial charge in [0.25, 0.3) is 0 Å². The smallest absolute Gasteiger partial charge is 0.225 e. The number of anilines is 1. The zero-order valence-corrected chi connectivity index (χ0v) is 15.7. The van der Waals surface area contributed by atoms with Gasteiger partial charge in [0.15, 0.2) is 0 Å². The largest absolute Gasteiger partial charge is 0.375 e. The van der Waals surface area contributed by atoms with E-state index in [0.717, 1.165) is 63.9 Å². The molecule has 2 aliphatic rings. The van der Waals surface area contributed by atoms with Gasteiger partial charge >= 0.3 is 0 Å². The highest BCUT2D eigenvalue weighted by molar-refractivity contribution is 5.30. The van der Waals surface area contributed by atoms with Crippen molar-refractivity contribution in [2.75, 3.05) is 37.7 Å². The predicted octanol–water partition coefficient (Wildman–Crippen LogP) is 1.50. The van der Waals surface area contributed by atoms with Gasteiger partial charge in [-0.15, -0.1) is 0 Å². The number of piperidine rings is 1. The number of ether oxygens (including phenoxy) is 1. The zero-order chi connectivity index (χ0) is 17.9. The molecule has 0 unspecified atom stereocenters. The lowest BCUT2D eigenvalue weighted by Crippen LogP contribution is -2.47. The molecule has 2 aliphatic heterocycles. The van der Waals surface area contributed by atoms with E-state index in [1.54, 1.807) is 0 Å². The van der Waals surface area contributed by atoms with Gasteiger partial charge in [0.1, 0.15) is 5.82 Å². The van der Waals surface area contributed by atoms with Crippen LogP contribution in [0.2, 0.25) is 0 Å². The van der Waals surface area contributed by atoms with Crippen LogP contribution >= 0.6 is 0 Å². The van der Waals surface area contributed by atoms with Crippen LogP contribution < -0.4 is 4.90 Å². The fourth-order valence-electron chi connectivity index (χ4n) is 3.88. The Kier molecular flexibility index (Phi) is 5.17. The maximum atomic E-state index is 6.22. The maximum absolute atomic E-state index is 6.22. The summed E-state index contributed by atoms with van der Waals surface area (Å²) in [7, 11) is 2.05. The normalized spacial score (nSPS) is 24.3. The number of aryl methyl sites for hydroxylation is 2. The molecule has 0 bridgehead atoms. The average molecular weight is 356 g/mol. The van der Waals surface area contributed by atoms with E-state index in [1.165, 1.54) is 5.56 Å². The molecule has 7 nitrogen and oxygen atoms in total. The monoisotopic (exact) mass is 356 g/mol. The van der Waals surface area contributed by atoms with E-state index in [1.807, 2.05) is 24.8 Å². The van der Waals surface area contributed by atoms with E-state index in [2.05, 4.69) is 43.3 Å². The molecule has 0 spiro atoms. The number of hydrogen-bond donors (Lipinski definition) is 0. The summed E-state index contributed by atoms with van der Waals surface area (Å²) < 4.78 is 8.31. The second-order valence-electron chi connectivity index (χ2n) is 7.34. The minimum absolute atomic E-state index is 0.281. The van der Waals surface area contributed by atoms with Crippen molar-refractivity contribution in [1.29, 1.82) is 0 Å². The first kappa shape index (κ1) is 17.4. The van der Waals surface area contributed by atoms with Gasteiger partial charge in [0.05, 0.1) is 19.3 Å². The quantitative estimate of drug-likeness (QED) is 0.827. The van der Waals surface area contributed by atoms with Crippen molar-refractivity contribution in [3.8, 4) is 0 Å². The van der Waals surface area contributed by atoms with Gasteiger partial charge < -0.3 is 14.2 Å². The van der Waals surface area contributed by atoms with Crippen LogP contribution in [-0.2, 0) is 24.8 Å². The van der Waals surface area contributed by atoms with Gasteiger partial charge in [-0.3, -0.25) is 4.90 Å². The molecule has 0 amide bonds. The summed E-state index contributed by atoms with van der Waals surface area (Å²) >= 11 is 0. The first-order valence-corrected chi connectivity index (χ1v) is 9.59. The first-order chi connectivity index (χ1) is 12.7. The van der Waals surface area contributed by atoms with E-state index in [4.69, 9.17) is 4.74 Å². The molecule has 4 heterocycles. The summed E-state index contributed by atoms with van der Waals surface area (Å²) in [6, 6.07) is 0. The third kappa shape index (κ3) is 3.73. The molecule has 2 aromatic heterocycles. The minimum atomic E-state index is 0.281. The number of likely N-dealkylation sites (tertiary alicyclic amines) is 1. The molecule has 0 aromatic carbocycles. The molecule has 2 fully saturated rings. The van der Waals surface area contributed by atoms with Crippen molar-refractivity contribution in [3.63, 3.8) is 0 Å². The number of fused-ring (bicyclic) bond motifs is 1. The van der Waals surface area contributed by atoms with Crippen molar-refractivity contribution < 1.29 is 4.74 Å². The Hall–Kier alpha value is -1.99. The predicted molar refractivity (Wildman–Crippen MR) is 100.0 cm³/mol. The van der Waals surface area contributed by atoms with Crippen molar-refractivity contribution in [3.05, 3.63) is 36.2 Å². The van der Waals surface area contributed by atoms with Gasteiger partial charge in [-0.1, -0.05) is 6.92 Å². The molecule has 26 heavy (non-hydrogen) atoms. The van der Waals surface area contributed by atoms with Gasteiger partial charge in [-0.05, 0) is 24.9 Å². The van der Waals surface area contributed by atoms with Gasteiger partial charge in [-0.2, -0.15) is 0 Å². The van der Waals surface area contributed by atoms with Crippen LogP contribution in [-0.4, -0.2) is 63.3 Å². The molecule has 0 saturated carbocycles. The lowest BCUT2D eigenvalue weighted by atomic mass is 9.93. The molecule has 0 radical (unpaired) electrons. The zero-order valence-electron chi connectivity index (χ0n) is 15.7. The lowest BCUT2D eigenvalue weighted by molar-refractivity contribution is -0.0246. The molecule has 140 valence electrons. The van der Waals surface area contributed by atoms with Gasteiger partial charge in [0, 0.05) is 57.4 Å². The Bertz CT molecular complexity index is 715. The van der Waals surface area contributed by atoms with E-state index in [9.17, 15) is 0 Å². The molecule has 0 aliphatic carbocycles. The summed E-state index contributed by atoms with van der Waals surface area (Å²) in [4.78, 5) is 18.3. The van der Waals surface area contributed by atoms with Crippen LogP contribution in [0.15, 0.2) is 24.8 Å². The SMILES string of the molecule is CCc1cnc(N2CCO[C@@H]3CN(Cc4nccn4C)CC[C@@H]3C2)nc1. The number of hydrogen-bond acceptors (Lipinski definition) is 6. The molecule has 2 saturated heterocycles.